The van der Waals surface area contributed by atoms with Crippen LogP contribution in [-0.2, 0) is 11.3 Å². The van der Waals surface area contributed by atoms with E-state index in [0.717, 1.165) is 6.07 Å². The smallest absolute Gasteiger partial charge is 0.375 e. The summed E-state index contributed by atoms with van der Waals surface area (Å²) < 4.78 is 74.3. The zero-order valence-corrected chi connectivity index (χ0v) is 17.0. The van der Waals surface area contributed by atoms with Gasteiger partial charge in [0.1, 0.15) is 5.41 Å². The molecule has 2 aliphatic rings. The summed E-state index contributed by atoms with van der Waals surface area (Å²) in [5.74, 6) is 2.64. The molecule has 1 fully saturated rings. The monoisotopic (exact) mass is 461 g/mol. The lowest BCUT2D eigenvalue weighted by molar-refractivity contribution is -0.168. The average Bonchev–Trinajstić information content (AvgIpc) is 3.58. The van der Waals surface area contributed by atoms with E-state index in [-0.39, 0.29) is 49.3 Å². The number of alkyl halides is 3. The molecular weight excluding hydrogens is 445 g/mol. The van der Waals surface area contributed by atoms with Gasteiger partial charge >= 0.3 is 11.9 Å². The van der Waals surface area contributed by atoms with Crippen LogP contribution in [0.3, 0.4) is 0 Å². The van der Waals surface area contributed by atoms with Gasteiger partial charge in [-0.3, -0.25) is 0 Å². The maximum Gasteiger partial charge on any atom is 0.405 e. The molecule has 5 nitrogen and oxygen atoms in total. The van der Waals surface area contributed by atoms with Crippen molar-refractivity contribution in [2.75, 3.05) is 18.1 Å². The first kappa shape index (κ1) is 21.4. The molecule has 1 aliphatic heterocycles. The summed E-state index contributed by atoms with van der Waals surface area (Å²) in [4.78, 5) is 19.9. The molecule has 33 heavy (non-hydrogen) atoms. The van der Waals surface area contributed by atoms with Crippen LogP contribution in [0.1, 0.15) is 24.0 Å². The number of fused-ring (bicyclic) bond motifs is 2. The number of anilines is 2. The lowest BCUT2D eigenvalue weighted by Gasteiger charge is -2.25. The molecule has 5 rings (SSSR count). The normalized spacial score (nSPS) is 17.2. The Labute approximate surface area is 184 Å². The zero-order chi connectivity index (χ0) is 23.4. The molecule has 0 saturated heterocycles. The second kappa shape index (κ2) is 7.56. The first-order valence-corrected chi connectivity index (χ1v) is 10.2. The molecule has 0 amide bonds. The molecule has 1 aromatic heterocycles. The van der Waals surface area contributed by atoms with Gasteiger partial charge in [-0.1, -0.05) is 17.9 Å². The fourth-order valence-corrected chi connectivity index (χ4v) is 3.92. The van der Waals surface area contributed by atoms with Gasteiger partial charge in [-0.25, -0.2) is 13.6 Å². The highest BCUT2D eigenvalue weighted by atomic mass is 19.4. The van der Waals surface area contributed by atoms with Crippen molar-refractivity contribution in [1.29, 1.82) is 0 Å². The van der Waals surface area contributed by atoms with Crippen molar-refractivity contribution in [3.8, 4) is 11.8 Å². The SMILES string of the molecule is O=c1nc(N2CCOCc3c(C#CC4(C(F)(F)F)CC4)cccc32)c2c(F)c(F)ccc2[nH]1. The van der Waals surface area contributed by atoms with Crippen molar-refractivity contribution < 1.29 is 26.7 Å². The minimum absolute atomic E-state index is 0.0469. The number of aromatic nitrogens is 2. The Kier molecular flexibility index (Phi) is 4.90. The fraction of sp³-hybridized carbons (Fsp3) is 0.304. The van der Waals surface area contributed by atoms with Crippen LogP contribution < -0.4 is 10.6 Å². The van der Waals surface area contributed by atoms with E-state index >= 15 is 0 Å². The maximum absolute atomic E-state index is 14.7. The quantitative estimate of drug-likeness (QED) is 0.426. The van der Waals surface area contributed by atoms with Gasteiger partial charge in [0.05, 0.1) is 24.1 Å². The van der Waals surface area contributed by atoms with Crippen molar-refractivity contribution in [1.82, 2.24) is 9.97 Å². The zero-order valence-electron chi connectivity index (χ0n) is 17.0. The maximum atomic E-state index is 14.7. The van der Waals surface area contributed by atoms with Crippen LogP contribution in [0.25, 0.3) is 10.9 Å². The predicted octanol–water partition coefficient (Wildman–Crippen LogP) is 4.56. The average molecular weight is 461 g/mol. The number of halogens is 5. The number of benzene rings is 2. The van der Waals surface area contributed by atoms with Crippen molar-refractivity contribution in [3.63, 3.8) is 0 Å². The summed E-state index contributed by atoms with van der Waals surface area (Å²) in [6.07, 6.45) is -4.51. The Morgan fingerprint density at radius 2 is 1.94 bits per heavy atom. The Morgan fingerprint density at radius 3 is 2.67 bits per heavy atom. The first-order chi connectivity index (χ1) is 15.7. The van der Waals surface area contributed by atoms with Crippen LogP contribution in [0, 0.1) is 28.9 Å². The molecule has 1 N–H and O–H groups in total. The molecule has 3 aromatic rings. The van der Waals surface area contributed by atoms with Gasteiger partial charge in [-0.15, -0.1) is 0 Å². The number of nitrogens with one attached hydrogen (secondary N) is 1. The van der Waals surface area contributed by atoms with Crippen LogP contribution in [0.15, 0.2) is 35.1 Å². The topological polar surface area (TPSA) is 58.2 Å². The number of rotatable bonds is 1. The Balaban J connectivity index is 1.67. The highest BCUT2D eigenvalue weighted by Crippen LogP contribution is 2.57. The van der Waals surface area contributed by atoms with E-state index in [1.54, 1.807) is 18.2 Å². The van der Waals surface area contributed by atoms with Gasteiger partial charge < -0.3 is 14.6 Å². The number of nitrogens with zero attached hydrogens (tertiary/aromatic N) is 2. The summed E-state index contributed by atoms with van der Waals surface area (Å²) >= 11 is 0. The summed E-state index contributed by atoms with van der Waals surface area (Å²) in [5.41, 5.74) is -1.44. The van der Waals surface area contributed by atoms with E-state index in [1.807, 2.05) is 0 Å². The van der Waals surface area contributed by atoms with Crippen LogP contribution in [0.2, 0.25) is 0 Å². The largest absolute Gasteiger partial charge is 0.405 e. The van der Waals surface area contributed by atoms with E-state index in [9.17, 15) is 26.7 Å². The highest BCUT2D eigenvalue weighted by Gasteiger charge is 2.62. The molecular formula is C23H16F5N3O2. The number of aromatic amines is 1. The minimum Gasteiger partial charge on any atom is -0.375 e. The van der Waals surface area contributed by atoms with Gasteiger partial charge in [-0.05, 0) is 37.1 Å². The third kappa shape index (κ3) is 3.62. The molecule has 0 bridgehead atoms. The lowest BCUT2D eigenvalue weighted by atomic mass is 10.0. The summed E-state index contributed by atoms with van der Waals surface area (Å²) in [6, 6.07) is 6.97. The van der Waals surface area contributed by atoms with Crippen LogP contribution in [0.4, 0.5) is 33.5 Å². The van der Waals surface area contributed by atoms with Crippen molar-refractivity contribution >= 4 is 22.4 Å². The van der Waals surface area contributed by atoms with E-state index in [2.05, 4.69) is 21.8 Å². The second-order valence-electron chi connectivity index (χ2n) is 7.99. The summed E-state index contributed by atoms with van der Waals surface area (Å²) in [5, 5.41) is -0.215. The Hall–Kier alpha value is -3.45. The highest BCUT2D eigenvalue weighted by molar-refractivity contribution is 5.92. The predicted molar refractivity (Wildman–Crippen MR) is 110 cm³/mol. The molecule has 1 aliphatic carbocycles. The van der Waals surface area contributed by atoms with Gasteiger partial charge in [0, 0.05) is 23.4 Å². The molecule has 0 unspecified atom stereocenters. The molecule has 0 atom stereocenters. The van der Waals surface area contributed by atoms with E-state index in [1.165, 1.54) is 11.0 Å². The van der Waals surface area contributed by atoms with E-state index in [0.29, 0.717) is 16.8 Å². The number of hydrogen-bond donors (Lipinski definition) is 1. The van der Waals surface area contributed by atoms with Crippen molar-refractivity contribution in [2.24, 2.45) is 5.41 Å². The fourth-order valence-electron chi connectivity index (χ4n) is 3.92. The molecule has 2 heterocycles. The lowest BCUT2D eigenvalue weighted by Crippen LogP contribution is -2.26. The molecule has 10 heteroatoms. The van der Waals surface area contributed by atoms with Gasteiger partial charge in [-0.2, -0.15) is 18.2 Å². The summed E-state index contributed by atoms with van der Waals surface area (Å²) in [6.45, 7) is 0.354. The third-order valence-electron chi connectivity index (χ3n) is 5.90. The molecule has 2 aromatic carbocycles. The Bertz CT molecular complexity index is 1380. The van der Waals surface area contributed by atoms with Crippen molar-refractivity contribution in [2.45, 2.75) is 25.6 Å². The third-order valence-corrected chi connectivity index (χ3v) is 5.90. The Morgan fingerprint density at radius 1 is 1.15 bits per heavy atom. The van der Waals surface area contributed by atoms with Gasteiger partial charge in [0.2, 0.25) is 0 Å². The van der Waals surface area contributed by atoms with E-state index in [4.69, 9.17) is 4.74 Å². The van der Waals surface area contributed by atoms with Gasteiger partial charge in [0.25, 0.3) is 0 Å². The molecule has 170 valence electrons. The minimum atomic E-state index is -4.41. The first-order valence-electron chi connectivity index (χ1n) is 10.2. The van der Waals surface area contributed by atoms with E-state index < -0.39 is 28.9 Å². The van der Waals surface area contributed by atoms with Crippen LogP contribution in [-0.4, -0.2) is 29.3 Å². The number of hydrogen-bond acceptors (Lipinski definition) is 4. The number of H-pyrrole nitrogens is 1. The molecule has 0 spiro atoms. The van der Waals surface area contributed by atoms with Crippen LogP contribution in [0.5, 0.6) is 0 Å². The van der Waals surface area contributed by atoms with Crippen LogP contribution >= 0.6 is 0 Å². The van der Waals surface area contributed by atoms with Gasteiger partial charge in [0.15, 0.2) is 17.5 Å². The summed E-state index contributed by atoms with van der Waals surface area (Å²) in [7, 11) is 0. The second-order valence-corrected chi connectivity index (χ2v) is 7.99. The van der Waals surface area contributed by atoms with Crippen molar-refractivity contribution in [3.05, 3.63) is 63.6 Å². The standard InChI is InChI=1S/C23H16F5N3O2/c24-15-4-5-16-18(19(15)25)20(30-21(32)29-16)31-10-11-33-12-14-13(2-1-3-17(14)31)6-7-22(8-9-22)23(26,27)28/h1-5H,8-12H2,(H,29,30,32). The molecule has 1 saturated carbocycles. The molecule has 0 radical (unpaired) electrons. The number of ether oxygens (including phenoxy) is 1.